The van der Waals surface area contributed by atoms with Crippen molar-refractivity contribution in [2.75, 3.05) is 0 Å². The number of fused-ring (bicyclic) bond motifs is 7. The molecule has 1 aliphatic heterocycles. The molecular weight excluding hydrogens is 358 g/mol. The number of allylic oxidation sites excluding steroid dienone is 2. The molecule has 3 nitrogen and oxygen atoms in total. The van der Waals surface area contributed by atoms with Gasteiger partial charge < -0.3 is 9.15 Å². The fourth-order valence-electron chi connectivity index (χ4n) is 4.85. The van der Waals surface area contributed by atoms with E-state index in [1.807, 2.05) is 0 Å². The van der Waals surface area contributed by atoms with Crippen LogP contribution in [0.4, 0.5) is 0 Å². The van der Waals surface area contributed by atoms with Crippen LogP contribution in [0.5, 0.6) is 5.75 Å². The molecule has 2 atom stereocenters. The Labute approximate surface area is 169 Å². The number of nitrogens with zero attached hydrogens (tertiary/aromatic N) is 1. The van der Waals surface area contributed by atoms with Crippen molar-refractivity contribution in [2.45, 2.75) is 25.9 Å². The molecule has 0 bridgehead atoms. The summed E-state index contributed by atoms with van der Waals surface area (Å²) >= 11 is 0. The Morgan fingerprint density at radius 1 is 0.862 bits per heavy atom. The second-order valence-corrected chi connectivity index (χ2v) is 8.17. The molecule has 142 valence electrons. The van der Waals surface area contributed by atoms with E-state index in [9.17, 15) is 0 Å². The second kappa shape index (κ2) is 5.84. The van der Waals surface area contributed by atoms with Gasteiger partial charge in [0.2, 0.25) is 5.69 Å². The van der Waals surface area contributed by atoms with Crippen molar-refractivity contribution in [3.63, 3.8) is 0 Å². The van der Waals surface area contributed by atoms with Gasteiger partial charge >= 0.3 is 0 Å². The van der Waals surface area contributed by atoms with Crippen molar-refractivity contribution in [2.24, 2.45) is 7.05 Å². The first-order valence-corrected chi connectivity index (χ1v) is 10.1. The van der Waals surface area contributed by atoms with Gasteiger partial charge in [-0.25, -0.2) is 4.57 Å². The molecule has 2 aromatic carbocycles. The third-order valence-corrected chi connectivity index (χ3v) is 6.23. The monoisotopic (exact) mass is 380 g/mol. The van der Waals surface area contributed by atoms with Crippen molar-refractivity contribution in [1.82, 2.24) is 0 Å². The van der Waals surface area contributed by atoms with Crippen LogP contribution in [0.1, 0.15) is 22.6 Å². The van der Waals surface area contributed by atoms with Crippen molar-refractivity contribution in [3.05, 3.63) is 83.6 Å². The summed E-state index contributed by atoms with van der Waals surface area (Å²) in [6, 6.07) is 13.0. The molecule has 3 heterocycles. The lowest BCUT2D eigenvalue weighted by Crippen LogP contribution is -2.31. The van der Waals surface area contributed by atoms with E-state index in [1.54, 1.807) is 0 Å². The molecule has 2 unspecified atom stereocenters. The van der Waals surface area contributed by atoms with Gasteiger partial charge in [0, 0.05) is 28.0 Å². The molecule has 0 saturated heterocycles. The maximum atomic E-state index is 6.64. The number of pyridine rings is 1. The van der Waals surface area contributed by atoms with E-state index in [4.69, 9.17) is 9.15 Å². The number of aromatic nitrogens is 1. The van der Waals surface area contributed by atoms with E-state index in [1.165, 1.54) is 16.7 Å². The van der Waals surface area contributed by atoms with Crippen LogP contribution in [-0.2, 0) is 7.05 Å². The topological polar surface area (TPSA) is 26.2 Å². The number of hydrogen-bond acceptors (Lipinski definition) is 2. The number of aryl methyl sites for hydroxylation is 3. The molecule has 0 saturated carbocycles. The van der Waals surface area contributed by atoms with Crippen LogP contribution >= 0.6 is 0 Å². The molecule has 2 aromatic heterocycles. The third kappa shape index (κ3) is 2.27. The summed E-state index contributed by atoms with van der Waals surface area (Å²) in [5.74, 6) is 1.14. The smallest absolute Gasteiger partial charge is 0.216 e. The highest BCUT2D eigenvalue weighted by atomic mass is 16.5. The molecule has 6 rings (SSSR count). The minimum absolute atomic E-state index is 0.0601. The van der Waals surface area contributed by atoms with Crippen LogP contribution < -0.4 is 9.30 Å². The number of ether oxygens (including phenoxy) is 1. The van der Waals surface area contributed by atoms with Crippen LogP contribution in [0.2, 0.25) is 0 Å². The lowest BCUT2D eigenvalue weighted by Gasteiger charge is -2.13. The molecule has 0 radical (unpaired) electrons. The molecule has 4 aromatic rings. The average molecular weight is 380 g/mol. The Bertz CT molecular complexity index is 1370. The predicted molar refractivity (Wildman–Crippen MR) is 115 cm³/mol. The molecule has 3 heteroatoms. The Balaban J connectivity index is 1.68. The van der Waals surface area contributed by atoms with Crippen LogP contribution in [0, 0.1) is 13.8 Å². The van der Waals surface area contributed by atoms with Gasteiger partial charge in [0.1, 0.15) is 30.1 Å². The van der Waals surface area contributed by atoms with Crippen molar-refractivity contribution < 1.29 is 13.7 Å². The quantitative estimate of drug-likeness (QED) is 0.398. The highest BCUT2D eigenvalue weighted by molar-refractivity contribution is 6.11. The standard InChI is InChI=1S/C26H22NO2/c1-15-8-12-20(27(3)14-15)23-16(2)9-10-17-18-11-13-22-24(26(18)29-25(17)23)19-6-4-5-7-21(19)28-22/h4-14,19,21H,1-3H3/q+1. The lowest BCUT2D eigenvalue weighted by molar-refractivity contribution is -0.660. The Morgan fingerprint density at radius 2 is 1.66 bits per heavy atom. The summed E-state index contributed by atoms with van der Waals surface area (Å²) in [6.07, 6.45) is 10.7. The predicted octanol–water partition coefficient (Wildman–Crippen LogP) is 5.66. The number of hydrogen-bond donors (Lipinski definition) is 0. The van der Waals surface area contributed by atoms with E-state index < -0.39 is 0 Å². The van der Waals surface area contributed by atoms with Crippen molar-refractivity contribution in [1.29, 1.82) is 0 Å². The van der Waals surface area contributed by atoms with Crippen LogP contribution in [-0.4, -0.2) is 6.10 Å². The van der Waals surface area contributed by atoms with Gasteiger partial charge in [-0.15, -0.1) is 0 Å². The Morgan fingerprint density at radius 3 is 2.52 bits per heavy atom. The summed E-state index contributed by atoms with van der Waals surface area (Å²) in [6.45, 7) is 4.27. The molecular formula is C26H22NO2+. The van der Waals surface area contributed by atoms with Crippen molar-refractivity contribution in [3.8, 4) is 17.0 Å². The van der Waals surface area contributed by atoms with Crippen molar-refractivity contribution >= 4 is 21.9 Å². The number of rotatable bonds is 1. The summed E-state index contributed by atoms with van der Waals surface area (Å²) in [4.78, 5) is 0. The number of furan rings is 1. The fourth-order valence-corrected chi connectivity index (χ4v) is 4.85. The van der Waals surface area contributed by atoms with Crippen LogP contribution in [0.25, 0.3) is 33.2 Å². The summed E-state index contributed by atoms with van der Waals surface area (Å²) in [5.41, 5.74) is 7.83. The third-order valence-electron chi connectivity index (χ3n) is 6.23. The van der Waals surface area contributed by atoms with Gasteiger partial charge in [0.05, 0.1) is 11.5 Å². The van der Waals surface area contributed by atoms with Gasteiger partial charge in [-0.05, 0) is 43.7 Å². The van der Waals surface area contributed by atoms with E-state index in [2.05, 4.69) is 92.4 Å². The summed E-state index contributed by atoms with van der Waals surface area (Å²) < 4.78 is 15.0. The van der Waals surface area contributed by atoms with Gasteiger partial charge in [0.15, 0.2) is 6.20 Å². The van der Waals surface area contributed by atoms with Crippen LogP contribution in [0.15, 0.2) is 71.3 Å². The normalized spacial score (nSPS) is 19.6. The zero-order valence-corrected chi connectivity index (χ0v) is 16.8. The average Bonchev–Trinajstić information content (AvgIpc) is 3.26. The van der Waals surface area contributed by atoms with Crippen LogP contribution in [0.3, 0.4) is 0 Å². The summed E-state index contributed by atoms with van der Waals surface area (Å²) in [5, 5.41) is 2.31. The van der Waals surface area contributed by atoms with Gasteiger partial charge in [-0.1, -0.05) is 30.4 Å². The van der Waals surface area contributed by atoms with Gasteiger partial charge in [-0.3, -0.25) is 0 Å². The summed E-state index contributed by atoms with van der Waals surface area (Å²) in [7, 11) is 2.10. The Hall–Kier alpha value is -3.33. The maximum Gasteiger partial charge on any atom is 0.216 e. The lowest BCUT2D eigenvalue weighted by atomic mass is 9.91. The molecule has 1 aliphatic carbocycles. The highest BCUT2D eigenvalue weighted by Crippen LogP contribution is 2.48. The maximum absolute atomic E-state index is 6.64. The van der Waals surface area contributed by atoms with E-state index in [0.717, 1.165) is 38.9 Å². The van der Waals surface area contributed by atoms with E-state index in [-0.39, 0.29) is 12.0 Å². The zero-order valence-electron chi connectivity index (χ0n) is 16.8. The number of benzene rings is 2. The first-order chi connectivity index (χ1) is 14.1. The minimum atomic E-state index is 0.0601. The first-order valence-electron chi connectivity index (χ1n) is 10.1. The molecule has 0 amide bonds. The van der Waals surface area contributed by atoms with E-state index in [0.29, 0.717) is 0 Å². The minimum Gasteiger partial charge on any atom is -0.485 e. The zero-order chi connectivity index (χ0) is 19.7. The highest BCUT2D eigenvalue weighted by Gasteiger charge is 2.35. The Kier molecular flexibility index (Phi) is 3.34. The van der Waals surface area contributed by atoms with Gasteiger partial charge in [0.25, 0.3) is 0 Å². The molecule has 29 heavy (non-hydrogen) atoms. The molecule has 2 aliphatic rings. The molecule has 0 spiro atoms. The second-order valence-electron chi connectivity index (χ2n) is 8.17. The first kappa shape index (κ1) is 16.6. The SMILES string of the molecule is Cc1ccc(-c2c(C)ccc3c2oc2c4c(ccc23)OC2C=CC=CC42)[n+](C)c1. The molecule has 0 N–H and O–H groups in total. The fraction of sp³-hybridized carbons (Fsp3) is 0.192. The molecule has 0 fully saturated rings. The van der Waals surface area contributed by atoms with E-state index >= 15 is 0 Å². The largest absolute Gasteiger partial charge is 0.485 e. The van der Waals surface area contributed by atoms with Gasteiger partial charge in [-0.2, -0.15) is 0 Å².